The van der Waals surface area contributed by atoms with Gasteiger partial charge in [0.25, 0.3) is 0 Å². The lowest BCUT2D eigenvalue weighted by atomic mass is 9.98. The number of piperidine rings is 1. The van der Waals surface area contributed by atoms with Crippen molar-refractivity contribution in [3.8, 4) is 0 Å². The predicted octanol–water partition coefficient (Wildman–Crippen LogP) is 3.44. The number of nitrogens with zero attached hydrogens (tertiary/aromatic N) is 3. The molecule has 0 spiro atoms. The first-order valence-corrected chi connectivity index (χ1v) is 9.25. The van der Waals surface area contributed by atoms with Crippen molar-refractivity contribution in [2.24, 2.45) is 0 Å². The van der Waals surface area contributed by atoms with Gasteiger partial charge >= 0.3 is 0 Å². The van der Waals surface area contributed by atoms with E-state index in [9.17, 15) is 4.79 Å². The van der Waals surface area contributed by atoms with Crippen LogP contribution in [0, 0.1) is 0 Å². The number of carbonyl (C=O) groups is 1. The second kappa shape index (κ2) is 7.68. The zero-order chi connectivity index (χ0) is 16.1. The molecule has 0 radical (unpaired) electrons. The van der Waals surface area contributed by atoms with E-state index in [1.165, 1.54) is 16.3 Å². The van der Waals surface area contributed by atoms with Crippen LogP contribution in [-0.2, 0) is 17.6 Å². The van der Waals surface area contributed by atoms with Crippen molar-refractivity contribution >= 4 is 17.2 Å². The van der Waals surface area contributed by atoms with Gasteiger partial charge in [0.1, 0.15) is 0 Å². The second-order valence-electron chi connectivity index (χ2n) is 6.07. The lowest BCUT2D eigenvalue weighted by Crippen LogP contribution is -2.39. The van der Waals surface area contributed by atoms with Crippen LogP contribution < -0.4 is 0 Å². The Labute approximate surface area is 141 Å². The lowest BCUT2D eigenvalue weighted by Gasteiger charge is -2.32. The number of pyridine rings is 1. The first kappa shape index (κ1) is 16.1. The number of aromatic nitrogens is 2. The van der Waals surface area contributed by atoms with Gasteiger partial charge in [-0.2, -0.15) is 0 Å². The fourth-order valence-corrected chi connectivity index (χ4v) is 4.07. The normalized spacial score (nSPS) is 18.1. The van der Waals surface area contributed by atoms with Gasteiger partial charge in [0.05, 0.1) is 10.7 Å². The topological polar surface area (TPSA) is 46.1 Å². The van der Waals surface area contributed by atoms with Crippen LogP contribution in [-0.4, -0.2) is 33.9 Å². The highest BCUT2D eigenvalue weighted by molar-refractivity contribution is 7.09. The van der Waals surface area contributed by atoms with Crippen molar-refractivity contribution in [1.29, 1.82) is 0 Å². The predicted molar refractivity (Wildman–Crippen MR) is 92.6 cm³/mol. The molecule has 0 N–H and O–H groups in total. The summed E-state index contributed by atoms with van der Waals surface area (Å²) in [5, 5.41) is 3.35. The first-order valence-electron chi connectivity index (χ1n) is 8.37. The molecular weight excluding hydrogens is 306 g/mol. The average molecular weight is 329 g/mol. The fourth-order valence-electron chi connectivity index (χ4n) is 3.04. The highest BCUT2D eigenvalue weighted by Gasteiger charge is 2.26. The van der Waals surface area contributed by atoms with E-state index in [-0.39, 0.29) is 5.91 Å². The summed E-state index contributed by atoms with van der Waals surface area (Å²) in [7, 11) is 0. The fraction of sp³-hybridized carbons (Fsp3) is 0.500. The SMILES string of the molecule is CCc1csc([C@H]2CCCN(C(=O)CCc3ccncc3)C2)n1. The molecule has 0 saturated carbocycles. The van der Waals surface area contributed by atoms with Gasteiger partial charge in [-0.1, -0.05) is 6.92 Å². The summed E-state index contributed by atoms with van der Waals surface area (Å²) in [6, 6.07) is 3.96. The highest BCUT2D eigenvalue weighted by atomic mass is 32.1. The summed E-state index contributed by atoms with van der Waals surface area (Å²) in [6.45, 7) is 3.85. The number of thiazole rings is 1. The average Bonchev–Trinajstić information content (AvgIpc) is 3.10. The molecule has 122 valence electrons. The zero-order valence-corrected chi connectivity index (χ0v) is 14.4. The molecule has 5 heteroatoms. The maximum absolute atomic E-state index is 12.5. The summed E-state index contributed by atoms with van der Waals surface area (Å²) in [6.07, 6.45) is 8.14. The Morgan fingerprint density at radius 2 is 2.22 bits per heavy atom. The number of amides is 1. The Morgan fingerprint density at radius 3 is 2.96 bits per heavy atom. The van der Waals surface area contributed by atoms with Gasteiger partial charge in [-0.15, -0.1) is 11.3 Å². The minimum atomic E-state index is 0.263. The smallest absolute Gasteiger partial charge is 0.222 e. The molecule has 1 fully saturated rings. The first-order chi connectivity index (χ1) is 11.3. The Morgan fingerprint density at radius 1 is 1.39 bits per heavy atom. The molecule has 1 aliphatic heterocycles. The summed E-state index contributed by atoms with van der Waals surface area (Å²) in [4.78, 5) is 23.3. The number of carbonyl (C=O) groups excluding carboxylic acids is 1. The number of rotatable bonds is 5. The van der Waals surface area contributed by atoms with Gasteiger partial charge in [-0.3, -0.25) is 9.78 Å². The van der Waals surface area contributed by atoms with E-state index in [2.05, 4.69) is 17.3 Å². The third-order valence-corrected chi connectivity index (χ3v) is 5.49. The largest absolute Gasteiger partial charge is 0.342 e. The van der Waals surface area contributed by atoms with E-state index in [0.29, 0.717) is 12.3 Å². The lowest BCUT2D eigenvalue weighted by molar-refractivity contribution is -0.132. The zero-order valence-electron chi connectivity index (χ0n) is 13.6. The third-order valence-electron chi connectivity index (χ3n) is 4.43. The monoisotopic (exact) mass is 329 g/mol. The summed E-state index contributed by atoms with van der Waals surface area (Å²) < 4.78 is 0. The number of aryl methyl sites for hydroxylation is 2. The Hall–Kier alpha value is -1.75. The molecule has 3 rings (SSSR count). The van der Waals surface area contributed by atoms with Crippen LogP contribution >= 0.6 is 11.3 Å². The van der Waals surface area contributed by atoms with E-state index in [4.69, 9.17) is 4.98 Å². The Balaban J connectivity index is 1.56. The molecule has 0 bridgehead atoms. The summed E-state index contributed by atoms with van der Waals surface area (Å²) in [5.41, 5.74) is 2.35. The number of hydrogen-bond acceptors (Lipinski definition) is 4. The van der Waals surface area contributed by atoms with Crippen LogP contribution in [0.2, 0.25) is 0 Å². The van der Waals surface area contributed by atoms with Gasteiger partial charge < -0.3 is 4.90 Å². The molecule has 23 heavy (non-hydrogen) atoms. The minimum absolute atomic E-state index is 0.263. The van der Waals surface area contributed by atoms with Crippen LogP contribution in [0.1, 0.15) is 48.4 Å². The molecule has 2 aromatic rings. The van der Waals surface area contributed by atoms with Crippen LogP contribution in [0.4, 0.5) is 0 Å². The number of hydrogen-bond donors (Lipinski definition) is 0. The van der Waals surface area contributed by atoms with E-state index in [1.54, 1.807) is 23.7 Å². The van der Waals surface area contributed by atoms with E-state index in [1.807, 2.05) is 17.0 Å². The van der Waals surface area contributed by atoms with Crippen molar-refractivity contribution < 1.29 is 4.79 Å². The maximum atomic E-state index is 12.5. The van der Waals surface area contributed by atoms with Gasteiger partial charge in [-0.25, -0.2) is 4.98 Å². The van der Waals surface area contributed by atoms with Gasteiger partial charge in [-0.05, 0) is 43.4 Å². The Bertz CT molecular complexity index is 641. The molecule has 0 aromatic carbocycles. The van der Waals surface area contributed by atoms with Gasteiger partial charge in [0.2, 0.25) is 5.91 Å². The third kappa shape index (κ3) is 4.16. The van der Waals surface area contributed by atoms with E-state index >= 15 is 0 Å². The van der Waals surface area contributed by atoms with Gasteiger partial charge in [0, 0.05) is 43.2 Å². The van der Waals surface area contributed by atoms with E-state index < -0.39 is 0 Å². The molecule has 1 aliphatic rings. The summed E-state index contributed by atoms with van der Waals surface area (Å²) in [5.74, 6) is 0.678. The summed E-state index contributed by atoms with van der Waals surface area (Å²) >= 11 is 1.75. The molecular formula is C18H23N3OS. The van der Waals surface area contributed by atoms with Crippen LogP contribution in [0.15, 0.2) is 29.9 Å². The molecule has 1 saturated heterocycles. The van der Waals surface area contributed by atoms with Crippen molar-refractivity contribution in [3.05, 3.63) is 46.2 Å². The van der Waals surface area contributed by atoms with Crippen LogP contribution in [0.25, 0.3) is 0 Å². The maximum Gasteiger partial charge on any atom is 0.222 e. The molecule has 1 atom stereocenters. The minimum Gasteiger partial charge on any atom is -0.342 e. The second-order valence-corrected chi connectivity index (χ2v) is 6.95. The molecule has 0 aliphatic carbocycles. The standard InChI is InChI=1S/C18H23N3OS/c1-2-16-13-23-18(20-16)15-4-3-11-21(12-15)17(22)6-5-14-7-9-19-10-8-14/h7-10,13,15H,2-6,11-12H2,1H3/t15-/m0/s1. The molecule has 0 unspecified atom stereocenters. The van der Waals surface area contributed by atoms with Crippen molar-refractivity contribution in [2.75, 3.05) is 13.1 Å². The molecule has 2 aromatic heterocycles. The van der Waals surface area contributed by atoms with Gasteiger partial charge in [0.15, 0.2) is 0 Å². The molecule has 1 amide bonds. The highest BCUT2D eigenvalue weighted by Crippen LogP contribution is 2.29. The van der Waals surface area contributed by atoms with E-state index in [0.717, 1.165) is 38.8 Å². The molecule has 3 heterocycles. The number of likely N-dealkylation sites (tertiary alicyclic amines) is 1. The van der Waals surface area contributed by atoms with Crippen LogP contribution in [0.3, 0.4) is 0 Å². The van der Waals surface area contributed by atoms with Crippen molar-refractivity contribution in [3.63, 3.8) is 0 Å². The molecule has 4 nitrogen and oxygen atoms in total. The quantitative estimate of drug-likeness (QED) is 0.844. The van der Waals surface area contributed by atoms with Crippen molar-refractivity contribution in [1.82, 2.24) is 14.9 Å². The Kier molecular flexibility index (Phi) is 5.39. The van der Waals surface area contributed by atoms with Crippen LogP contribution in [0.5, 0.6) is 0 Å². The van der Waals surface area contributed by atoms with Crippen molar-refractivity contribution in [2.45, 2.75) is 44.9 Å².